The van der Waals surface area contributed by atoms with Gasteiger partial charge in [-0.05, 0) is 60.6 Å². The number of benzene rings is 1. The second-order valence-corrected chi connectivity index (χ2v) is 6.17. The summed E-state index contributed by atoms with van der Waals surface area (Å²) >= 11 is 3.27. The third-order valence-electron chi connectivity index (χ3n) is 3.86. The second kappa shape index (κ2) is 8.11. The van der Waals surface area contributed by atoms with Gasteiger partial charge in [-0.15, -0.1) is 0 Å². The molecular formula is C16H23BrFNO. The molecule has 0 aliphatic carbocycles. The first-order valence-corrected chi connectivity index (χ1v) is 8.30. The average Bonchev–Trinajstić information content (AvgIpc) is 2.48. The molecule has 1 heterocycles. The minimum atomic E-state index is -0.150. The first-order chi connectivity index (χ1) is 9.72. The van der Waals surface area contributed by atoms with Crippen molar-refractivity contribution in [3.05, 3.63) is 34.1 Å². The summed E-state index contributed by atoms with van der Waals surface area (Å²) in [6.45, 7) is 3.77. The second-order valence-electron chi connectivity index (χ2n) is 5.32. The predicted molar refractivity (Wildman–Crippen MR) is 83.3 cm³/mol. The zero-order valence-electron chi connectivity index (χ0n) is 12.0. The highest BCUT2D eigenvalue weighted by atomic mass is 79.9. The van der Waals surface area contributed by atoms with Gasteiger partial charge in [0.15, 0.2) is 0 Å². The van der Waals surface area contributed by atoms with Crippen LogP contribution in [-0.2, 0) is 4.74 Å². The highest BCUT2D eigenvalue weighted by Gasteiger charge is 2.20. The first-order valence-electron chi connectivity index (χ1n) is 7.51. The normalized spacial score (nSPS) is 20.9. The zero-order valence-corrected chi connectivity index (χ0v) is 13.6. The van der Waals surface area contributed by atoms with Gasteiger partial charge in [-0.2, -0.15) is 0 Å². The van der Waals surface area contributed by atoms with Crippen molar-refractivity contribution >= 4 is 15.9 Å². The van der Waals surface area contributed by atoms with Gasteiger partial charge in [0.05, 0.1) is 10.6 Å². The summed E-state index contributed by atoms with van der Waals surface area (Å²) in [6, 6.07) is 5.56. The fourth-order valence-electron chi connectivity index (χ4n) is 2.79. The van der Waals surface area contributed by atoms with Crippen LogP contribution in [0.25, 0.3) is 0 Å². The lowest BCUT2D eigenvalue weighted by Crippen LogP contribution is -2.25. The largest absolute Gasteiger partial charge is 0.378 e. The van der Waals surface area contributed by atoms with Gasteiger partial charge in [0, 0.05) is 18.2 Å². The van der Waals surface area contributed by atoms with Gasteiger partial charge in [-0.25, -0.2) is 4.39 Å². The number of nitrogens with one attached hydrogen (secondary N) is 1. The highest BCUT2D eigenvalue weighted by Crippen LogP contribution is 2.28. The fourth-order valence-corrected chi connectivity index (χ4v) is 3.17. The molecule has 2 rings (SSSR count). The maximum absolute atomic E-state index is 14.2. The van der Waals surface area contributed by atoms with E-state index in [1.54, 1.807) is 6.07 Å². The van der Waals surface area contributed by atoms with Crippen molar-refractivity contribution in [3.8, 4) is 0 Å². The molecule has 0 saturated carbocycles. The molecule has 1 aliphatic rings. The lowest BCUT2D eigenvalue weighted by molar-refractivity contribution is 0.00851. The van der Waals surface area contributed by atoms with Crippen LogP contribution in [0, 0.1) is 5.82 Å². The van der Waals surface area contributed by atoms with Crippen molar-refractivity contribution in [2.45, 2.75) is 51.2 Å². The summed E-state index contributed by atoms with van der Waals surface area (Å²) < 4.78 is 20.5. The zero-order chi connectivity index (χ0) is 14.4. The molecule has 1 fully saturated rings. The molecule has 20 heavy (non-hydrogen) atoms. The molecule has 0 amide bonds. The number of halogens is 2. The molecule has 0 radical (unpaired) electrons. The maximum atomic E-state index is 14.2. The summed E-state index contributed by atoms with van der Waals surface area (Å²) in [6.07, 6.45) is 5.81. The Kier molecular flexibility index (Phi) is 6.46. The van der Waals surface area contributed by atoms with Crippen LogP contribution >= 0.6 is 15.9 Å². The molecule has 2 nitrogen and oxygen atoms in total. The Labute approximate surface area is 129 Å². The number of hydrogen-bond donors (Lipinski definition) is 1. The predicted octanol–water partition coefficient (Wildman–Crippen LogP) is 4.59. The third kappa shape index (κ3) is 4.27. The molecule has 1 N–H and O–H groups in total. The van der Waals surface area contributed by atoms with E-state index in [1.807, 2.05) is 12.1 Å². The van der Waals surface area contributed by atoms with E-state index in [0.29, 0.717) is 10.6 Å². The van der Waals surface area contributed by atoms with Crippen LogP contribution in [0.5, 0.6) is 0 Å². The van der Waals surface area contributed by atoms with Crippen molar-refractivity contribution in [1.29, 1.82) is 0 Å². The van der Waals surface area contributed by atoms with Crippen molar-refractivity contribution in [2.75, 3.05) is 13.2 Å². The van der Waals surface area contributed by atoms with Crippen molar-refractivity contribution in [3.63, 3.8) is 0 Å². The van der Waals surface area contributed by atoms with Gasteiger partial charge in [-0.1, -0.05) is 19.1 Å². The van der Waals surface area contributed by atoms with Crippen LogP contribution in [0.4, 0.5) is 4.39 Å². The van der Waals surface area contributed by atoms with Crippen molar-refractivity contribution < 1.29 is 9.13 Å². The Balaban J connectivity index is 2.00. The molecule has 1 aromatic carbocycles. The Bertz CT molecular complexity index is 421. The Morgan fingerprint density at radius 2 is 2.30 bits per heavy atom. The SMILES string of the molecule is CCNC(CCC1CCCCO1)c1cccc(Br)c1F. The molecule has 4 heteroatoms. The van der Waals surface area contributed by atoms with E-state index >= 15 is 0 Å². The number of rotatable bonds is 6. The smallest absolute Gasteiger partial charge is 0.142 e. The van der Waals surface area contributed by atoms with Crippen LogP contribution in [0.15, 0.2) is 22.7 Å². The van der Waals surface area contributed by atoms with E-state index in [2.05, 4.69) is 28.2 Å². The Morgan fingerprint density at radius 3 is 3.00 bits per heavy atom. The number of ether oxygens (including phenoxy) is 1. The van der Waals surface area contributed by atoms with E-state index in [9.17, 15) is 4.39 Å². The Hall–Kier alpha value is -0.450. The molecule has 1 aliphatic heterocycles. The van der Waals surface area contributed by atoms with Crippen LogP contribution in [0.1, 0.15) is 50.6 Å². The Morgan fingerprint density at radius 1 is 1.45 bits per heavy atom. The molecule has 0 aromatic heterocycles. The summed E-state index contributed by atoms with van der Waals surface area (Å²) in [4.78, 5) is 0. The van der Waals surface area contributed by atoms with Crippen LogP contribution in [-0.4, -0.2) is 19.3 Å². The highest BCUT2D eigenvalue weighted by molar-refractivity contribution is 9.10. The monoisotopic (exact) mass is 343 g/mol. The topological polar surface area (TPSA) is 21.3 Å². The lowest BCUT2D eigenvalue weighted by Gasteiger charge is -2.25. The molecule has 0 bridgehead atoms. The number of hydrogen-bond acceptors (Lipinski definition) is 2. The summed E-state index contributed by atoms with van der Waals surface area (Å²) in [5.41, 5.74) is 0.747. The van der Waals surface area contributed by atoms with Gasteiger partial charge in [0.2, 0.25) is 0 Å². The van der Waals surface area contributed by atoms with Crippen LogP contribution < -0.4 is 5.32 Å². The van der Waals surface area contributed by atoms with Gasteiger partial charge in [-0.3, -0.25) is 0 Å². The summed E-state index contributed by atoms with van der Waals surface area (Å²) in [7, 11) is 0. The van der Waals surface area contributed by atoms with Crippen LogP contribution in [0.2, 0.25) is 0 Å². The quantitative estimate of drug-likeness (QED) is 0.815. The average molecular weight is 344 g/mol. The minimum absolute atomic E-state index is 0.0584. The van der Waals surface area contributed by atoms with Gasteiger partial charge < -0.3 is 10.1 Å². The minimum Gasteiger partial charge on any atom is -0.378 e. The molecule has 2 atom stereocenters. The van der Waals surface area contributed by atoms with Gasteiger partial charge in [0.1, 0.15) is 5.82 Å². The first kappa shape index (κ1) is 15.9. The molecule has 112 valence electrons. The van der Waals surface area contributed by atoms with Gasteiger partial charge >= 0.3 is 0 Å². The standard InChI is InChI=1S/C16H23BrFNO/c1-2-19-15(10-9-12-6-3-4-11-20-12)13-7-5-8-14(17)16(13)18/h5,7-8,12,15,19H,2-4,6,9-11H2,1H3. The third-order valence-corrected chi connectivity index (χ3v) is 4.47. The molecule has 1 aromatic rings. The van der Waals surface area contributed by atoms with E-state index < -0.39 is 0 Å². The van der Waals surface area contributed by atoms with E-state index in [4.69, 9.17) is 4.74 Å². The summed E-state index contributed by atoms with van der Waals surface area (Å²) in [5.74, 6) is -0.150. The molecular weight excluding hydrogens is 321 g/mol. The molecule has 2 unspecified atom stereocenters. The van der Waals surface area contributed by atoms with Crippen LogP contribution in [0.3, 0.4) is 0 Å². The van der Waals surface area contributed by atoms with E-state index in [0.717, 1.165) is 38.0 Å². The lowest BCUT2D eigenvalue weighted by atomic mass is 9.97. The van der Waals surface area contributed by atoms with E-state index in [-0.39, 0.29) is 11.9 Å². The molecule has 0 spiro atoms. The van der Waals surface area contributed by atoms with Gasteiger partial charge in [0.25, 0.3) is 0 Å². The summed E-state index contributed by atoms with van der Waals surface area (Å²) in [5, 5.41) is 3.39. The fraction of sp³-hybridized carbons (Fsp3) is 0.625. The van der Waals surface area contributed by atoms with Crippen molar-refractivity contribution in [2.24, 2.45) is 0 Å². The van der Waals surface area contributed by atoms with Crippen molar-refractivity contribution in [1.82, 2.24) is 5.32 Å². The molecule has 1 saturated heterocycles. The maximum Gasteiger partial charge on any atom is 0.142 e. The van der Waals surface area contributed by atoms with E-state index in [1.165, 1.54) is 12.8 Å².